The molecule has 10 heteroatoms. The highest BCUT2D eigenvalue weighted by atomic mass is 32.2. The minimum atomic E-state index is -3.98. The number of unbranched alkanes of at least 4 members (excludes halogenated alkanes) is 1. The predicted molar refractivity (Wildman–Crippen MR) is 136 cm³/mol. The molecule has 1 heterocycles. The molecule has 1 aromatic heterocycles. The number of aryl methyl sites for hydroxylation is 2. The number of benzene rings is 1. The van der Waals surface area contributed by atoms with Gasteiger partial charge in [-0.3, -0.25) is 14.9 Å². The van der Waals surface area contributed by atoms with Crippen molar-refractivity contribution >= 4 is 27.2 Å². The predicted octanol–water partition coefficient (Wildman–Crippen LogP) is 5.62. The topological polar surface area (TPSA) is 121 Å². The molecule has 0 bridgehead atoms. The lowest BCUT2D eigenvalue weighted by Gasteiger charge is -2.15. The van der Waals surface area contributed by atoms with E-state index in [9.17, 15) is 23.3 Å². The van der Waals surface area contributed by atoms with E-state index in [0.29, 0.717) is 28.9 Å². The molecule has 0 unspecified atom stereocenters. The molecule has 2 aromatic rings. The second-order valence-electron chi connectivity index (χ2n) is 9.39. The molecule has 0 fully saturated rings. The molecule has 0 radical (unpaired) electrons. The van der Waals surface area contributed by atoms with Gasteiger partial charge in [0, 0.05) is 18.2 Å². The molecule has 0 spiro atoms. The van der Waals surface area contributed by atoms with Gasteiger partial charge in [0.15, 0.2) is 0 Å². The van der Waals surface area contributed by atoms with E-state index < -0.39 is 20.8 Å². The third kappa shape index (κ3) is 6.36. The normalized spacial score (nSPS) is 11.6. The lowest BCUT2D eigenvalue weighted by atomic mass is 9.90. The third-order valence-electron chi connectivity index (χ3n) is 5.78. The number of rotatable bonds is 11. The van der Waals surface area contributed by atoms with E-state index in [0.717, 1.165) is 18.4 Å². The molecule has 35 heavy (non-hydrogen) atoms. The van der Waals surface area contributed by atoms with Crippen LogP contribution in [0.5, 0.6) is 5.88 Å². The van der Waals surface area contributed by atoms with Gasteiger partial charge in [0.05, 0.1) is 21.9 Å². The number of ketones is 1. The van der Waals surface area contributed by atoms with Gasteiger partial charge in [-0.2, -0.15) is 13.5 Å². The van der Waals surface area contributed by atoms with Crippen molar-refractivity contribution in [1.82, 2.24) is 9.78 Å². The van der Waals surface area contributed by atoms with E-state index in [1.807, 2.05) is 20.8 Å². The molecule has 0 saturated carbocycles. The number of hydrogen-bond acceptors (Lipinski definition) is 7. The number of carbonyl (C=O) groups excluding carboxylic acids is 1. The monoisotopic (exact) mass is 505 g/mol. The molecule has 0 N–H and O–H groups in total. The number of aromatic nitrogens is 2. The molecule has 0 aliphatic heterocycles. The molecule has 0 atom stereocenters. The molecule has 0 aliphatic carbocycles. The quantitative estimate of drug-likeness (QED) is 0.168. The van der Waals surface area contributed by atoms with Crippen LogP contribution in [0, 0.1) is 29.9 Å². The molecular weight excluding hydrogens is 470 g/mol. The standard InChI is InChI=1S/C25H35N3O6S/c1-9-10-13-27-25(34-35(32,33)14-15(2)3)23(19(8)26-27)24(29)20-11-12-21(28(30)31)22(18(20)7)17(6)16(4)5/h11-12,15H,9-10,13-14H2,1-8H3. The second-order valence-corrected chi connectivity index (χ2v) is 11.0. The van der Waals surface area contributed by atoms with Crippen LogP contribution in [0.2, 0.25) is 0 Å². The van der Waals surface area contributed by atoms with Crippen LogP contribution in [-0.2, 0) is 16.7 Å². The lowest BCUT2D eigenvalue weighted by molar-refractivity contribution is -0.385. The van der Waals surface area contributed by atoms with Crippen molar-refractivity contribution in [2.45, 2.75) is 74.8 Å². The summed E-state index contributed by atoms with van der Waals surface area (Å²) in [5.41, 5.74) is 2.93. The first kappa shape index (κ1) is 28.2. The smallest absolute Gasteiger partial charge is 0.310 e. The number of nitrogens with zero attached hydrogens (tertiary/aromatic N) is 3. The Morgan fingerprint density at radius 2 is 1.80 bits per heavy atom. The largest absolute Gasteiger partial charge is 0.361 e. The lowest BCUT2D eigenvalue weighted by Crippen LogP contribution is -2.21. The van der Waals surface area contributed by atoms with Gasteiger partial charge in [0.25, 0.3) is 5.69 Å². The number of hydrogen-bond donors (Lipinski definition) is 0. The van der Waals surface area contributed by atoms with E-state index >= 15 is 0 Å². The first-order chi connectivity index (χ1) is 16.2. The van der Waals surface area contributed by atoms with Gasteiger partial charge in [-0.05, 0) is 64.2 Å². The van der Waals surface area contributed by atoms with E-state index in [4.69, 9.17) is 4.18 Å². The van der Waals surface area contributed by atoms with Crippen molar-refractivity contribution in [3.63, 3.8) is 0 Å². The summed E-state index contributed by atoms with van der Waals surface area (Å²) in [6, 6.07) is 2.72. The minimum absolute atomic E-state index is 0.0474. The van der Waals surface area contributed by atoms with Crippen LogP contribution in [0.4, 0.5) is 5.69 Å². The number of carbonyl (C=O) groups is 1. The number of nitro groups is 1. The third-order valence-corrected chi connectivity index (χ3v) is 7.27. The van der Waals surface area contributed by atoms with Gasteiger partial charge in [-0.1, -0.05) is 32.8 Å². The fraction of sp³-hybridized carbons (Fsp3) is 0.520. The van der Waals surface area contributed by atoms with Crippen LogP contribution >= 0.6 is 0 Å². The molecule has 0 saturated heterocycles. The summed E-state index contributed by atoms with van der Waals surface area (Å²) in [5.74, 6) is -0.979. The summed E-state index contributed by atoms with van der Waals surface area (Å²) >= 11 is 0. The van der Waals surface area contributed by atoms with Gasteiger partial charge in [-0.15, -0.1) is 0 Å². The van der Waals surface area contributed by atoms with Crippen LogP contribution in [0.15, 0.2) is 17.7 Å². The second kappa shape index (κ2) is 11.2. The fourth-order valence-electron chi connectivity index (χ4n) is 3.88. The maximum absolute atomic E-state index is 13.8. The summed E-state index contributed by atoms with van der Waals surface area (Å²) in [6.45, 7) is 14.7. The van der Waals surface area contributed by atoms with E-state index in [-0.39, 0.29) is 34.4 Å². The maximum Gasteiger partial charge on any atom is 0.310 e. The first-order valence-corrected chi connectivity index (χ1v) is 13.3. The van der Waals surface area contributed by atoms with Crippen LogP contribution in [0.3, 0.4) is 0 Å². The summed E-state index contributed by atoms with van der Waals surface area (Å²) in [5, 5.41) is 16.1. The molecular formula is C25H35N3O6S. The highest BCUT2D eigenvalue weighted by molar-refractivity contribution is 7.87. The summed E-state index contributed by atoms with van der Waals surface area (Å²) in [7, 11) is -3.98. The molecule has 0 amide bonds. The van der Waals surface area contributed by atoms with Gasteiger partial charge >= 0.3 is 10.1 Å². The highest BCUT2D eigenvalue weighted by Gasteiger charge is 2.31. The molecule has 192 valence electrons. The molecule has 0 aliphatic rings. The average Bonchev–Trinajstić information content (AvgIpc) is 3.03. The first-order valence-electron chi connectivity index (χ1n) is 11.7. The molecule has 1 aromatic carbocycles. The van der Waals surface area contributed by atoms with Crippen LogP contribution < -0.4 is 4.18 Å². The van der Waals surface area contributed by atoms with Crippen LogP contribution in [-0.4, -0.2) is 34.7 Å². The Bertz CT molecular complexity index is 1270. The van der Waals surface area contributed by atoms with E-state index in [2.05, 4.69) is 5.10 Å². The van der Waals surface area contributed by atoms with Gasteiger partial charge in [0.1, 0.15) is 5.56 Å². The Morgan fingerprint density at radius 3 is 2.31 bits per heavy atom. The Morgan fingerprint density at radius 1 is 1.17 bits per heavy atom. The summed E-state index contributed by atoms with van der Waals surface area (Å²) in [4.78, 5) is 25.1. The Balaban J connectivity index is 2.76. The zero-order valence-electron chi connectivity index (χ0n) is 21.8. The zero-order valence-corrected chi connectivity index (χ0v) is 22.6. The van der Waals surface area contributed by atoms with Crippen molar-refractivity contribution in [3.05, 3.63) is 55.8 Å². The number of nitro benzene ring substituents is 1. The van der Waals surface area contributed by atoms with E-state index in [1.165, 1.54) is 16.8 Å². The van der Waals surface area contributed by atoms with Crippen molar-refractivity contribution in [2.75, 3.05) is 5.75 Å². The van der Waals surface area contributed by atoms with Crippen molar-refractivity contribution < 1.29 is 22.3 Å². The van der Waals surface area contributed by atoms with Gasteiger partial charge < -0.3 is 4.18 Å². The van der Waals surface area contributed by atoms with Crippen molar-refractivity contribution in [1.29, 1.82) is 0 Å². The molecule has 2 rings (SSSR count). The average molecular weight is 506 g/mol. The van der Waals surface area contributed by atoms with Crippen molar-refractivity contribution in [3.8, 4) is 5.88 Å². The van der Waals surface area contributed by atoms with Gasteiger partial charge in [-0.25, -0.2) is 4.68 Å². The number of allylic oxidation sites excluding steroid dienone is 2. The zero-order chi connectivity index (χ0) is 26.7. The maximum atomic E-state index is 13.8. The van der Waals surface area contributed by atoms with Gasteiger partial charge in [0.2, 0.25) is 11.7 Å². The highest BCUT2D eigenvalue weighted by Crippen LogP contribution is 2.35. The summed E-state index contributed by atoms with van der Waals surface area (Å²) in [6.07, 6.45) is 1.56. The van der Waals surface area contributed by atoms with E-state index in [1.54, 1.807) is 34.6 Å². The molecule has 9 nitrogen and oxygen atoms in total. The summed E-state index contributed by atoms with van der Waals surface area (Å²) < 4.78 is 32.3. The van der Waals surface area contributed by atoms with Crippen LogP contribution in [0.1, 0.15) is 87.1 Å². The van der Waals surface area contributed by atoms with Crippen molar-refractivity contribution in [2.24, 2.45) is 5.92 Å². The Labute approximate surface area is 207 Å². The Hall–Kier alpha value is -3.01. The fourth-order valence-corrected chi connectivity index (χ4v) is 5.18. The SMILES string of the molecule is CCCCn1nc(C)c(C(=O)c2ccc([N+](=O)[O-])c(C(C)=C(C)C)c2C)c1OS(=O)(=O)CC(C)C. The minimum Gasteiger partial charge on any atom is -0.361 e. The Kier molecular flexibility index (Phi) is 9.00. The van der Waals surface area contributed by atoms with Crippen LogP contribution in [0.25, 0.3) is 5.57 Å².